The Morgan fingerprint density at radius 1 is 1.53 bits per heavy atom. The fourth-order valence-corrected chi connectivity index (χ4v) is 1.46. The number of nitrogens with one attached hydrogen (secondary N) is 1. The maximum atomic E-state index is 11.1. The van der Waals surface area contributed by atoms with Crippen LogP contribution in [0.3, 0.4) is 0 Å². The van der Waals surface area contributed by atoms with Crippen LogP contribution >= 0.6 is 0 Å². The van der Waals surface area contributed by atoms with Gasteiger partial charge in [0, 0.05) is 19.2 Å². The zero-order valence-electron chi connectivity index (χ0n) is 9.66. The third-order valence-corrected chi connectivity index (χ3v) is 2.63. The first kappa shape index (κ1) is 11.8. The van der Waals surface area contributed by atoms with Gasteiger partial charge in [-0.1, -0.05) is 20.3 Å². The van der Waals surface area contributed by atoms with Crippen molar-refractivity contribution in [3.05, 3.63) is 22.6 Å². The van der Waals surface area contributed by atoms with E-state index in [9.17, 15) is 4.79 Å². The summed E-state index contributed by atoms with van der Waals surface area (Å²) in [6, 6.07) is 1.60. The van der Waals surface area contributed by atoms with Gasteiger partial charge in [0.1, 0.15) is 0 Å². The lowest BCUT2D eigenvalue weighted by molar-refractivity contribution is 0.547. The van der Waals surface area contributed by atoms with Crippen LogP contribution in [0.15, 0.2) is 17.1 Å². The SMILES string of the molecule is CCC(C)CN(CC)c1cn[nH]c(=O)c1. The highest BCUT2D eigenvalue weighted by Crippen LogP contribution is 2.12. The summed E-state index contributed by atoms with van der Waals surface area (Å²) in [5.41, 5.74) is 0.761. The molecule has 1 aromatic heterocycles. The molecule has 0 aliphatic carbocycles. The predicted molar refractivity (Wildman–Crippen MR) is 62.2 cm³/mol. The van der Waals surface area contributed by atoms with Gasteiger partial charge in [0.2, 0.25) is 0 Å². The second-order valence-electron chi connectivity index (χ2n) is 3.86. The topological polar surface area (TPSA) is 49.0 Å². The number of anilines is 1. The fourth-order valence-electron chi connectivity index (χ4n) is 1.46. The molecule has 0 amide bonds. The molecule has 0 spiro atoms. The molecule has 0 saturated heterocycles. The molecular weight excluding hydrogens is 190 g/mol. The molecule has 0 aromatic carbocycles. The number of nitrogens with zero attached hydrogens (tertiary/aromatic N) is 2. The van der Waals surface area contributed by atoms with E-state index in [0.29, 0.717) is 5.92 Å². The third-order valence-electron chi connectivity index (χ3n) is 2.63. The van der Waals surface area contributed by atoms with E-state index in [1.165, 1.54) is 0 Å². The molecule has 1 heterocycles. The van der Waals surface area contributed by atoms with E-state index < -0.39 is 0 Å². The van der Waals surface area contributed by atoms with Gasteiger partial charge < -0.3 is 4.90 Å². The van der Waals surface area contributed by atoms with E-state index in [2.05, 4.69) is 35.9 Å². The third kappa shape index (κ3) is 3.38. The van der Waals surface area contributed by atoms with Crippen LogP contribution in [0.4, 0.5) is 5.69 Å². The van der Waals surface area contributed by atoms with Gasteiger partial charge in [-0.25, -0.2) is 5.10 Å². The fraction of sp³-hybridized carbons (Fsp3) is 0.636. The van der Waals surface area contributed by atoms with Gasteiger partial charge >= 0.3 is 0 Å². The Morgan fingerprint density at radius 2 is 2.27 bits per heavy atom. The molecule has 0 bridgehead atoms. The van der Waals surface area contributed by atoms with Gasteiger partial charge in [-0.3, -0.25) is 4.79 Å². The number of rotatable bonds is 5. The summed E-state index contributed by atoms with van der Waals surface area (Å²) in [7, 11) is 0. The van der Waals surface area contributed by atoms with Crippen LogP contribution in [-0.4, -0.2) is 23.3 Å². The molecule has 1 N–H and O–H groups in total. The summed E-state index contributed by atoms with van der Waals surface area (Å²) >= 11 is 0. The molecule has 1 aromatic rings. The Hall–Kier alpha value is -1.32. The molecule has 0 saturated carbocycles. The van der Waals surface area contributed by atoms with Crippen molar-refractivity contribution < 1.29 is 0 Å². The number of hydrogen-bond donors (Lipinski definition) is 1. The van der Waals surface area contributed by atoms with E-state index in [4.69, 9.17) is 0 Å². The van der Waals surface area contributed by atoms with Gasteiger partial charge in [-0.05, 0) is 12.8 Å². The van der Waals surface area contributed by atoms with Crippen LogP contribution in [0, 0.1) is 5.92 Å². The maximum Gasteiger partial charge on any atom is 0.266 e. The Morgan fingerprint density at radius 3 is 2.80 bits per heavy atom. The lowest BCUT2D eigenvalue weighted by atomic mass is 10.1. The van der Waals surface area contributed by atoms with Crippen molar-refractivity contribution >= 4 is 5.69 Å². The first-order chi connectivity index (χ1) is 7.17. The van der Waals surface area contributed by atoms with Crippen LogP contribution in [0.1, 0.15) is 27.2 Å². The zero-order valence-corrected chi connectivity index (χ0v) is 9.66. The summed E-state index contributed by atoms with van der Waals surface area (Å²) in [4.78, 5) is 13.3. The molecular formula is C11H19N3O. The van der Waals surface area contributed by atoms with Crippen LogP contribution in [-0.2, 0) is 0 Å². The highest BCUT2D eigenvalue weighted by molar-refractivity contribution is 5.42. The van der Waals surface area contributed by atoms with E-state index in [1.807, 2.05) is 0 Å². The van der Waals surface area contributed by atoms with Crippen LogP contribution in [0.2, 0.25) is 0 Å². The molecule has 1 atom stereocenters. The molecule has 0 aliphatic heterocycles. The lowest BCUT2D eigenvalue weighted by Crippen LogP contribution is -2.29. The molecule has 0 radical (unpaired) electrons. The number of aromatic nitrogens is 2. The molecule has 1 rings (SSSR count). The van der Waals surface area contributed by atoms with Crippen molar-refractivity contribution in [1.82, 2.24) is 10.2 Å². The molecule has 4 heteroatoms. The smallest absolute Gasteiger partial charge is 0.266 e. The minimum atomic E-state index is -0.143. The van der Waals surface area contributed by atoms with Crippen molar-refractivity contribution in [3.63, 3.8) is 0 Å². The summed E-state index contributed by atoms with van der Waals surface area (Å²) < 4.78 is 0. The monoisotopic (exact) mass is 209 g/mol. The second-order valence-corrected chi connectivity index (χ2v) is 3.86. The minimum absolute atomic E-state index is 0.143. The van der Waals surface area contributed by atoms with E-state index >= 15 is 0 Å². The van der Waals surface area contributed by atoms with Gasteiger partial charge in [0.15, 0.2) is 0 Å². The van der Waals surface area contributed by atoms with Crippen molar-refractivity contribution in [3.8, 4) is 0 Å². The highest BCUT2D eigenvalue weighted by Gasteiger charge is 2.08. The molecule has 84 valence electrons. The Kier molecular flexibility index (Phi) is 4.34. The van der Waals surface area contributed by atoms with E-state index in [0.717, 1.165) is 25.2 Å². The number of hydrogen-bond acceptors (Lipinski definition) is 3. The van der Waals surface area contributed by atoms with Gasteiger partial charge in [-0.2, -0.15) is 5.10 Å². The largest absolute Gasteiger partial charge is 0.370 e. The number of aromatic amines is 1. The molecule has 4 nitrogen and oxygen atoms in total. The summed E-state index contributed by atoms with van der Waals surface area (Å²) in [6.07, 6.45) is 2.85. The minimum Gasteiger partial charge on any atom is -0.370 e. The van der Waals surface area contributed by atoms with Crippen molar-refractivity contribution in [2.45, 2.75) is 27.2 Å². The van der Waals surface area contributed by atoms with E-state index in [1.54, 1.807) is 12.3 Å². The summed E-state index contributed by atoms with van der Waals surface area (Å²) in [5, 5.41) is 6.19. The van der Waals surface area contributed by atoms with Crippen molar-refractivity contribution in [2.24, 2.45) is 5.92 Å². The van der Waals surface area contributed by atoms with Crippen LogP contribution in [0.25, 0.3) is 0 Å². The van der Waals surface area contributed by atoms with E-state index in [-0.39, 0.29) is 5.56 Å². The van der Waals surface area contributed by atoms with Gasteiger partial charge in [0.25, 0.3) is 5.56 Å². The molecule has 0 aliphatic rings. The van der Waals surface area contributed by atoms with Crippen molar-refractivity contribution in [1.29, 1.82) is 0 Å². The summed E-state index contributed by atoms with van der Waals surface area (Å²) in [5.74, 6) is 0.629. The number of H-pyrrole nitrogens is 1. The Balaban J connectivity index is 2.78. The Bertz CT molecular complexity index is 348. The molecule has 1 unspecified atom stereocenters. The van der Waals surface area contributed by atoms with Crippen molar-refractivity contribution in [2.75, 3.05) is 18.0 Å². The van der Waals surface area contributed by atoms with Crippen LogP contribution < -0.4 is 10.5 Å². The quantitative estimate of drug-likeness (QED) is 0.802. The zero-order chi connectivity index (χ0) is 11.3. The normalized spacial score (nSPS) is 12.5. The second kappa shape index (κ2) is 5.53. The highest BCUT2D eigenvalue weighted by atomic mass is 16.1. The first-order valence-electron chi connectivity index (χ1n) is 5.47. The summed E-state index contributed by atoms with van der Waals surface area (Å²) in [6.45, 7) is 8.34. The standard InChI is InChI=1S/C11H19N3O/c1-4-9(3)8-14(5-2)10-6-11(15)13-12-7-10/h6-7,9H,4-5,8H2,1-3H3,(H,13,15). The van der Waals surface area contributed by atoms with Crippen LogP contribution in [0.5, 0.6) is 0 Å². The average Bonchev–Trinajstić information content (AvgIpc) is 2.25. The average molecular weight is 209 g/mol. The Labute approximate surface area is 90.3 Å². The molecule has 0 fully saturated rings. The predicted octanol–water partition coefficient (Wildman–Crippen LogP) is 1.64. The molecule has 15 heavy (non-hydrogen) atoms. The van der Waals surface area contributed by atoms with Gasteiger partial charge in [-0.15, -0.1) is 0 Å². The maximum absolute atomic E-state index is 11.1. The lowest BCUT2D eigenvalue weighted by Gasteiger charge is -2.25. The first-order valence-corrected chi connectivity index (χ1v) is 5.47. The van der Waals surface area contributed by atoms with Gasteiger partial charge in [0.05, 0.1) is 11.9 Å².